The Morgan fingerprint density at radius 2 is 1.87 bits per heavy atom. The quantitative estimate of drug-likeness (QED) is 0.688. The Balaban J connectivity index is 2.82. The molecule has 0 aliphatic heterocycles. The minimum Gasteiger partial charge on any atom is -0.481 e. The molecule has 2 rings (SSSR count). The van der Waals surface area contributed by atoms with E-state index in [-0.39, 0.29) is 5.56 Å². The average molecular weight is 205 g/mol. The van der Waals surface area contributed by atoms with Crippen LogP contribution in [0, 0.1) is 13.8 Å². The minimum atomic E-state index is -0.256. The summed E-state index contributed by atoms with van der Waals surface area (Å²) in [6.45, 7) is 3.61. The molecular formula is C10H11N3O2. The zero-order valence-electron chi connectivity index (χ0n) is 8.81. The van der Waals surface area contributed by atoms with Gasteiger partial charge in [-0.05, 0) is 13.8 Å². The van der Waals surface area contributed by atoms with Crippen LogP contribution in [-0.4, -0.2) is 21.5 Å². The van der Waals surface area contributed by atoms with Gasteiger partial charge in [-0.25, -0.2) is 0 Å². The maximum atomic E-state index is 11.3. The molecule has 0 atom stereocenters. The van der Waals surface area contributed by atoms with Crippen molar-refractivity contribution in [2.75, 3.05) is 7.11 Å². The van der Waals surface area contributed by atoms with Gasteiger partial charge in [0.15, 0.2) is 0 Å². The summed E-state index contributed by atoms with van der Waals surface area (Å²) in [5.41, 5.74) is 1.24. The summed E-state index contributed by atoms with van der Waals surface area (Å²) in [6.07, 6.45) is 3.55. The van der Waals surface area contributed by atoms with E-state index in [9.17, 15) is 4.79 Å². The molecule has 0 bridgehead atoms. The standard InChI is InChI=1S/C10H11N3O2/c1-6-4-13-5-7(2)9(15-3)12-10(13)11-8(6)14/h4-5H,1-3H3. The van der Waals surface area contributed by atoms with Crippen LogP contribution in [-0.2, 0) is 0 Å². The van der Waals surface area contributed by atoms with E-state index in [1.807, 2.05) is 13.1 Å². The number of methoxy groups -OCH3 is 1. The zero-order chi connectivity index (χ0) is 11.0. The van der Waals surface area contributed by atoms with Gasteiger partial charge < -0.3 is 4.74 Å². The number of hydrogen-bond acceptors (Lipinski definition) is 4. The topological polar surface area (TPSA) is 56.5 Å². The van der Waals surface area contributed by atoms with Crippen molar-refractivity contribution in [1.29, 1.82) is 0 Å². The first-order chi connectivity index (χ1) is 7.11. The molecule has 0 N–H and O–H groups in total. The second-order valence-corrected chi connectivity index (χ2v) is 3.37. The third-order valence-corrected chi connectivity index (χ3v) is 2.17. The molecule has 0 saturated carbocycles. The van der Waals surface area contributed by atoms with E-state index in [2.05, 4.69) is 9.97 Å². The van der Waals surface area contributed by atoms with Crippen LogP contribution < -0.4 is 10.3 Å². The summed E-state index contributed by atoms with van der Waals surface area (Å²) in [5, 5.41) is 0. The van der Waals surface area contributed by atoms with Crippen LogP contribution in [0.25, 0.3) is 5.78 Å². The van der Waals surface area contributed by atoms with Crippen molar-refractivity contribution in [2.24, 2.45) is 0 Å². The molecule has 0 unspecified atom stereocenters. The summed E-state index contributed by atoms with van der Waals surface area (Å²) in [4.78, 5) is 19.3. The highest BCUT2D eigenvalue weighted by molar-refractivity contribution is 5.36. The van der Waals surface area contributed by atoms with Gasteiger partial charge in [0, 0.05) is 23.5 Å². The fourth-order valence-corrected chi connectivity index (χ4v) is 1.39. The Morgan fingerprint density at radius 1 is 1.20 bits per heavy atom. The number of aryl methyl sites for hydroxylation is 2. The maximum Gasteiger partial charge on any atom is 0.277 e. The molecule has 78 valence electrons. The first kappa shape index (κ1) is 9.64. The molecular weight excluding hydrogens is 194 g/mol. The summed E-state index contributed by atoms with van der Waals surface area (Å²) in [6, 6.07) is 0. The van der Waals surface area contributed by atoms with Gasteiger partial charge in [0.05, 0.1) is 7.11 Å². The Labute approximate surface area is 86.4 Å². The lowest BCUT2D eigenvalue weighted by atomic mass is 10.3. The molecule has 2 heterocycles. The largest absolute Gasteiger partial charge is 0.481 e. The second-order valence-electron chi connectivity index (χ2n) is 3.37. The van der Waals surface area contributed by atoms with Crippen molar-refractivity contribution in [2.45, 2.75) is 13.8 Å². The molecule has 15 heavy (non-hydrogen) atoms. The van der Waals surface area contributed by atoms with E-state index in [1.165, 1.54) is 7.11 Å². The van der Waals surface area contributed by atoms with Crippen LogP contribution in [0.5, 0.6) is 5.88 Å². The highest BCUT2D eigenvalue weighted by Crippen LogP contribution is 2.13. The fourth-order valence-electron chi connectivity index (χ4n) is 1.39. The predicted octanol–water partition coefficient (Wildman–Crippen LogP) is 0.715. The van der Waals surface area contributed by atoms with E-state index >= 15 is 0 Å². The highest BCUT2D eigenvalue weighted by Gasteiger charge is 2.05. The van der Waals surface area contributed by atoms with Crippen LogP contribution >= 0.6 is 0 Å². The molecule has 0 amide bonds. The third-order valence-electron chi connectivity index (χ3n) is 2.17. The molecule has 0 spiro atoms. The lowest BCUT2D eigenvalue weighted by Gasteiger charge is -2.06. The average Bonchev–Trinajstić information content (AvgIpc) is 2.20. The smallest absolute Gasteiger partial charge is 0.277 e. The minimum absolute atomic E-state index is 0.256. The lowest BCUT2D eigenvalue weighted by molar-refractivity contribution is 0.394. The molecule has 5 heteroatoms. The molecule has 0 fully saturated rings. The summed E-state index contributed by atoms with van der Waals surface area (Å²) < 4.78 is 6.77. The fraction of sp³-hybridized carbons (Fsp3) is 0.300. The number of rotatable bonds is 1. The number of aromatic nitrogens is 3. The van der Waals surface area contributed by atoms with Gasteiger partial charge in [-0.1, -0.05) is 0 Å². The molecule has 5 nitrogen and oxygen atoms in total. The Kier molecular flexibility index (Phi) is 2.15. The van der Waals surface area contributed by atoms with Gasteiger partial charge in [-0.3, -0.25) is 9.20 Å². The maximum absolute atomic E-state index is 11.3. The monoisotopic (exact) mass is 205 g/mol. The van der Waals surface area contributed by atoms with Crippen molar-refractivity contribution in [1.82, 2.24) is 14.4 Å². The third kappa shape index (κ3) is 1.56. The number of hydrogen-bond donors (Lipinski definition) is 0. The summed E-state index contributed by atoms with van der Waals surface area (Å²) in [7, 11) is 1.54. The van der Waals surface area contributed by atoms with Gasteiger partial charge in [0.25, 0.3) is 5.56 Å². The number of ether oxygens (including phenoxy) is 1. The van der Waals surface area contributed by atoms with Gasteiger partial charge in [-0.2, -0.15) is 9.97 Å². The van der Waals surface area contributed by atoms with Crippen LogP contribution in [0.2, 0.25) is 0 Å². The molecule has 2 aromatic heterocycles. The Morgan fingerprint density at radius 3 is 2.53 bits per heavy atom. The van der Waals surface area contributed by atoms with Crippen molar-refractivity contribution in [3.63, 3.8) is 0 Å². The van der Waals surface area contributed by atoms with Crippen LogP contribution in [0.1, 0.15) is 11.1 Å². The van der Waals surface area contributed by atoms with Crippen molar-refractivity contribution < 1.29 is 4.74 Å². The van der Waals surface area contributed by atoms with Crippen molar-refractivity contribution in [3.05, 3.63) is 33.9 Å². The van der Waals surface area contributed by atoms with Gasteiger partial charge in [0.1, 0.15) is 0 Å². The number of fused-ring (bicyclic) bond motifs is 1. The van der Waals surface area contributed by atoms with Crippen molar-refractivity contribution >= 4 is 5.78 Å². The summed E-state index contributed by atoms with van der Waals surface area (Å²) in [5.74, 6) is 0.846. The molecule has 2 aromatic rings. The van der Waals surface area contributed by atoms with E-state index in [0.29, 0.717) is 17.2 Å². The highest BCUT2D eigenvalue weighted by atomic mass is 16.5. The van der Waals surface area contributed by atoms with Gasteiger partial charge in [-0.15, -0.1) is 0 Å². The van der Waals surface area contributed by atoms with Crippen LogP contribution in [0.3, 0.4) is 0 Å². The molecule has 0 aliphatic carbocycles. The predicted molar refractivity (Wildman–Crippen MR) is 55.3 cm³/mol. The van der Waals surface area contributed by atoms with Gasteiger partial charge in [0.2, 0.25) is 11.7 Å². The Hall–Kier alpha value is -1.91. The number of nitrogens with zero attached hydrogens (tertiary/aromatic N) is 3. The zero-order valence-corrected chi connectivity index (χ0v) is 8.81. The molecule has 0 aliphatic rings. The normalized spacial score (nSPS) is 10.6. The van der Waals surface area contributed by atoms with Gasteiger partial charge >= 0.3 is 0 Å². The van der Waals surface area contributed by atoms with E-state index in [4.69, 9.17) is 4.74 Å². The molecule has 0 saturated heterocycles. The van der Waals surface area contributed by atoms with E-state index in [1.54, 1.807) is 17.5 Å². The van der Waals surface area contributed by atoms with E-state index in [0.717, 1.165) is 5.56 Å². The summed E-state index contributed by atoms with van der Waals surface area (Å²) >= 11 is 0. The van der Waals surface area contributed by atoms with Crippen LogP contribution in [0.4, 0.5) is 0 Å². The molecule has 0 radical (unpaired) electrons. The van der Waals surface area contributed by atoms with E-state index < -0.39 is 0 Å². The Bertz CT molecular complexity index is 575. The first-order valence-corrected chi connectivity index (χ1v) is 4.53. The van der Waals surface area contributed by atoms with Crippen LogP contribution in [0.15, 0.2) is 17.2 Å². The van der Waals surface area contributed by atoms with Crippen molar-refractivity contribution in [3.8, 4) is 5.88 Å². The SMILES string of the molecule is COc1nc2nc(=O)c(C)cn2cc1C. The first-order valence-electron chi connectivity index (χ1n) is 4.53. The molecule has 0 aromatic carbocycles. The second kappa shape index (κ2) is 3.34. The lowest BCUT2D eigenvalue weighted by Crippen LogP contribution is -2.13.